The van der Waals surface area contributed by atoms with Crippen LogP contribution in [0.15, 0.2) is 24.3 Å². The maximum atomic E-state index is 14.5. The van der Waals surface area contributed by atoms with Crippen LogP contribution in [0, 0.1) is 0 Å². The van der Waals surface area contributed by atoms with E-state index in [2.05, 4.69) is 0 Å². The molecule has 26 heteroatoms. The van der Waals surface area contributed by atoms with Gasteiger partial charge >= 0.3 is 65.6 Å². The number of hydrogen-bond acceptors (Lipinski definition) is 2. The standard InChI is InChI=1S/C23H14F22N2O2/c24-14(25,13(49)47-6-2-5-11(47)12(48)46-8-9-3-1-4-10(7-9)15(26,27)28)16(29,30)17(31,32)18(33,34)19(35,36)20(37,38)21(39,40)22(41,42)23(43,44)45/h1,3-4,7,11H,2,5-6,8H2,(H,46,48)/t11-/m0/s1. The fraction of sp³-hybridized carbons (Fsp3) is 0.652. The molecule has 0 aliphatic carbocycles. The van der Waals surface area contributed by atoms with E-state index >= 15 is 0 Å². The van der Waals surface area contributed by atoms with Crippen molar-refractivity contribution >= 4 is 11.8 Å². The molecule has 1 saturated heterocycles. The Kier molecular flexibility index (Phi) is 10.4. The van der Waals surface area contributed by atoms with Crippen molar-refractivity contribution in [3.05, 3.63) is 35.4 Å². The molecule has 2 rings (SSSR count). The number of hydrogen-bond donors (Lipinski definition) is 1. The van der Waals surface area contributed by atoms with E-state index in [1.54, 1.807) is 5.32 Å². The number of carbonyl (C=O) groups is 2. The quantitative estimate of drug-likeness (QED) is 0.233. The first-order valence-electron chi connectivity index (χ1n) is 12.3. The van der Waals surface area contributed by atoms with Crippen molar-refractivity contribution < 1.29 is 106 Å². The van der Waals surface area contributed by atoms with Crippen molar-refractivity contribution in [2.45, 2.75) is 85.2 Å². The number of nitrogens with zero attached hydrogens (tertiary/aromatic N) is 1. The van der Waals surface area contributed by atoms with Crippen molar-refractivity contribution in [3.8, 4) is 0 Å². The minimum Gasteiger partial charge on any atom is -0.350 e. The molecule has 1 fully saturated rings. The Labute approximate surface area is 256 Å². The van der Waals surface area contributed by atoms with Crippen LogP contribution < -0.4 is 5.32 Å². The van der Waals surface area contributed by atoms with Crippen LogP contribution in [0.25, 0.3) is 0 Å². The maximum absolute atomic E-state index is 14.5. The first kappa shape index (κ1) is 41.8. The Bertz CT molecular complexity index is 1400. The van der Waals surface area contributed by atoms with Gasteiger partial charge in [0.1, 0.15) is 6.04 Å². The molecule has 1 aliphatic heterocycles. The molecule has 4 nitrogen and oxygen atoms in total. The van der Waals surface area contributed by atoms with E-state index in [1.165, 1.54) is 0 Å². The Morgan fingerprint density at radius 2 is 1.06 bits per heavy atom. The van der Waals surface area contributed by atoms with Crippen LogP contribution in [-0.4, -0.2) is 82.9 Å². The zero-order valence-corrected chi connectivity index (χ0v) is 22.8. The Hall–Kier alpha value is -3.38. The summed E-state index contributed by atoms with van der Waals surface area (Å²) in [6.45, 7) is -2.26. The summed E-state index contributed by atoms with van der Waals surface area (Å²) in [6, 6.07) is 0.238. The number of likely N-dealkylation sites (tertiary alicyclic amines) is 1. The van der Waals surface area contributed by atoms with E-state index < -0.39 is 114 Å². The Morgan fingerprint density at radius 1 is 0.633 bits per heavy atom. The first-order valence-corrected chi connectivity index (χ1v) is 12.3. The molecule has 49 heavy (non-hydrogen) atoms. The monoisotopic (exact) mass is 768 g/mol. The second kappa shape index (κ2) is 12.1. The summed E-state index contributed by atoms with van der Waals surface area (Å²) in [4.78, 5) is 23.9. The fourth-order valence-corrected chi connectivity index (χ4v) is 4.12. The molecular formula is C23H14F22N2O2. The highest BCUT2D eigenvalue weighted by atomic mass is 19.4. The van der Waals surface area contributed by atoms with E-state index in [1.807, 2.05) is 0 Å². The second-order valence-corrected chi connectivity index (χ2v) is 10.2. The molecule has 2 amide bonds. The maximum Gasteiger partial charge on any atom is 0.460 e. The molecule has 1 N–H and O–H groups in total. The molecule has 1 aliphatic rings. The molecule has 1 heterocycles. The zero-order valence-electron chi connectivity index (χ0n) is 22.8. The van der Waals surface area contributed by atoms with Gasteiger partial charge in [0, 0.05) is 13.1 Å². The van der Waals surface area contributed by atoms with Gasteiger partial charge in [0.05, 0.1) is 5.56 Å². The molecule has 282 valence electrons. The van der Waals surface area contributed by atoms with E-state index in [0.29, 0.717) is 12.1 Å². The molecule has 0 radical (unpaired) electrons. The summed E-state index contributed by atoms with van der Waals surface area (Å²) >= 11 is 0. The molecule has 1 atom stereocenters. The van der Waals surface area contributed by atoms with Crippen molar-refractivity contribution in [2.75, 3.05) is 6.54 Å². The van der Waals surface area contributed by atoms with Gasteiger partial charge in [-0.3, -0.25) is 9.59 Å². The minimum absolute atomic E-state index is 0.380. The summed E-state index contributed by atoms with van der Waals surface area (Å²) in [5.41, 5.74) is -1.67. The average Bonchev–Trinajstić information content (AvgIpc) is 3.43. The first-order chi connectivity index (χ1) is 21.5. The van der Waals surface area contributed by atoms with Gasteiger partial charge in [0.15, 0.2) is 0 Å². The molecule has 0 aromatic heterocycles. The van der Waals surface area contributed by atoms with Crippen molar-refractivity contribution in [1.82, 2.24) is 10.2 Å². The molecule has 0 unspecified atom stereocenters. The van der Waals surface area contributed by atoms with Crippen LogP contribution in [0.5, 0.6) is 0 Å². The van der Waals surface area contributed by atoms with E-state index in [-0.39, 0.29) is 5.56 Å². The topological polar surface area (TPSA) is 49.4 Å². The summed E-state index contributed by atoms with van der Waals surface area (Å²) in [7, 11) is 0. The Morgan fingerprint density at radius 3 is 1.49 bits per heavy atom. The largest absolute Gasteiger partial charge is 0.460 e. The number of rotatable bonds is 11. The predicted molar refractivity (Wildman–Crippen MR) is 114 cm³/mol. The summed E-state index contributed by atoms with van der Waals surface area (Å²) in [5, 5.41) is 1.73. The van der Waals surface area contributed by atoms with Crippen LogP contribution in [0.3, 0.4) is 0 Å². The summed E-state index contributed by atoms with van der Waals surface area (Å²) in [5.74, 6) is -75.0. The number of alkyl halides is 22. The molecular weight excluding hydrogens is 754 g/mol. The summed E-state index contributed by atoms with van der Waals surface area (Å²) in [6.07, 6.45) is -14.5. The third-order valence-electron chi connectivity index (χ3n) is 6.92. The van der Waals surface area contributed by atoms with Crippen LogP contribution >= 0.6 is 0 Å². The van der Waals surface area contributed by atoms with Gasteiger partial charge in [0.2, 0.25) is 5.91 Å². The number of halogens is 22. The van der Waals surface area contributed by atoms with Crippen LogP contribution in [0.4, 0.5) is 96.6 Å². The van der Waals surface area contributed by atoms with Crippen LogP contribution in [0.2, 0.25) is 0 Å². The van der Waals surface area contributed by atoms with Gasteiger partial charge in [-0.2, -0.15) is 96.6 Å². The fourth-order valence-electron chi connectivity index (χ4n) is 4.12. The van der Waals surface area contributed by atoms with Gasteiger partial charge < -0.3 is 10.2 Å². The van der Waals surface area contributed by atoms with Gasteiger partial charge in [-0.25, -0.2) is 0 Å². The lowest BCUT2D eigenvalue weighted by atomic mass is 9.87. The SMILES string of the molecule is O=C(NCc1cccc(C(F)(F)F)c1)[C@@H]1CCCN1C(=O)C(F)(F)C(F)(F)C(F)(F)C(F)(F)C(F)(F)C(F)(F)C(F)(F)C(F)(F)C(F)(F)F. The highest BCUT2D eigenvalue weighted by Crippen LogP contribution is 2.65. The molecule has 1 aromatic rings. The van der Waals surface area contributed by atoms with E-state index in [9.17, 15) is 106 Å². The van der Waals surface area contributed by atoms with Gasteiger partial charge in [-0.05, 0) is 30.5 Å². The number of benzene rings is 1. The van der Waals surface area contributed by atoms with Crippen LogP contribution in [0.1, 0.15) is 24.0 Å². The molecule has 0 spiro atoms. The van der Waals surface area contributed by atoms with Gasteiger partial charge in [-0.15, -0.1) is 0 Å². The summed E-state index contributed by atoms with van der Waals surface area (Å²) < 4.78 is 297. The lowest BCUT2D eigenvalue weighted by Crippen LogP contribution is -2.76. The number of amides is 2. The Balaban J connectivity index is 2.45. The average molecular weight is 768 g/mol. The van der Waals surface area contributed by atoms with Crippen molar-refractivity contribution in [2.24, 2.45) is 0 Å². The minimum atomic E-state index is -9.16. The smallest absolute Gasteiger partial charge is 0.350 e. The molecule has 0 saturated carbocycles. The highest BCUT2D eigenvalue weighted by molar-refractivity contribution is 5.92. The van der Waals surface area contributed by atoms with E-state index in [4.69, 9.17) is 0 Å². The lowest BCUT2D eigenvalue weighted by molar-refractivity contribution is -0.467. The molecule has 0 bridgehead atoms. The highest BCUT2D eigenvalue weighted by Gasteiger charge is 2.97. The van der Waals surface area contributed by atoms with Crippen molar-refractivity contribution in [3.63, 3.8) is 0 Å². The number of nitrogens with one attached hydrogen (secondary N) is 1. The third-order valence-corrected chi connectivity index (χ3v) is 6.92. The lowest BCUT2D eigenvalue weighted by Gasteiger charge is -2.43. The zero-order chi connectivity index (χ0) is 38.8. The van der Waals surface area contributed by atoms with Gasteiger partial charge in [-0.1, -0.05) is 12.1 Å². The van der Waals surface area contributed by atoms with Crippen molar-refractivity contribution in [1.29, 1.82) is 0 Å². The van der Waals surface area contributed by atoms with E-state index in [0.717, 1.165) is 12.1 Å². The predicted octanol–water partition coefficient (Wildman–Crippen LogP) is 7.96. The van der Waals surface area contributed by atoms with Crippen LogP contribution in [-0.2, 0) is 22.3 Å². The van der Waals surface area contributed by atoms with Gasteiger partial charge in [0.25, 0.3) is 0 Å². The normalized spacial score (nSPS) is 18.2. The number of carbonyl (C=O) groups excluding carboxylic acids is 2. The second-order valence-electron chi connectivity index (χ2n) is 10.2. The third kappa shape index (κ3) is 6.28. The molecule has 1 aromatic carbocycles.